The van der Waals surface area contributed by atoms with Gasteiger partial charge in [-0.1, -0.05) is 50.1 Å². The number of nitrogens with two attached hydrogens (primary N) is 1. The summed E-state index contributed by atoms with van der Waals surface area (Å²) < 4.78 is 0. The van der Waals surface area contributed by atoms with Crippen molar-refractivity contribution in [3.05, 3.63) is 34.9 Å². The van der Waals surface area contributed by atoms with Gasteiger partial charge in [0.05, 0.1) is 6.04 Å². The molecule has 124 valence electrons. The second kappa shape index (κ2) is 8.76. The van der Waals surface area contributed by atoms with E-state index in [-0.39, 0.29) is 42.2 Å². The molecule has 3 N–H and O–H groups in total. The zero-order chi connectivity index (χ0) is 15.4. The molecule has 1 amide bonds. The predicted molar refractivity (Wildman–Crippen MR) is 94.4 cm³/mol. The molecule has 0 spiro atoms. The molecule has 0 saturated heterocycles. The van der Waals surface area contributed by atoms with Crippen LogP contribution >= 0.6 is 24.0 Å². The fourth-order valence-electron chi connectivity index (χ4n) is 3.07. The fraction of sp³-hybridized carbons (Fsp3) is 0.588. The molecule has 0 bridgehead atoms. The molecule has 3 atom stereocenters. The van der Waals surface area contributed by atoms with Crippen molar-refractivity contribution in [2.45, 2.75) is 51.6 Å². The molecule has 0 aromatic heterocycles. The van der Waals surface area contributed by atoms with Gasteiger partial charge in [0.1, 0.15) is 0 Å². The van der Waals surface area contributed by atoms with Crippen LogP contribution in [0.25, 0.3) is 0 Å². The smallest absolute Gasteiger partial charge is 0.223 e. The molecule has 1 aliphatic rings. The van der Waals surface area contributed by atoms with Crippen LogP contribution in [0.2, 0.25) is 5.02 Å². The van der Waals surface area contributed by atoms with Gasteiger partial charge in [-0.2, -0.15) is 0 Å². The average Bonchev–Trinajstić information content (AvgIpc) is 2.45. The highest BCUT2D eigenvalue weighted by Gasteiger charge is 2.28. The molecule has 3 nitrogen and oxygen atoms in total. The van der Waals surface area contributed by atoms with Crippen LogP contribution in [0.3, 0.4) is 0 Å². The van der Waals surface area contributed by atoms with E-state index in [2.05, 4.69) is 19.2 Å². The van der Waals surface area contributed by atoms with Crippen molar-refractivity contribution in [2.75, 3.05) is 0 Å². The average molecular weight is 345 g/mol. The molecule has 0 heterocycles. The molecule has 1 aromatic carbocycles. The maximum Gasteiger partial charge on any atom is 0.223 e. The molecule has 0 aliphatic heterocycles. The highest BCUT2D eigenvalue weighted by molar-refractivity contribution is 6.31. The third-order valence-electron chi connectivity index (χ3n) is 4.29. The van der Waals surface area contributed by atoms with E-state index in [4.69, 9.17) is 17.3 Å². The molecule has 0 radical (unpaired) electrons. The van der Waals surface area contributed by atoms with E-state index in [9.17, 15) is 4.79 Å². The van der Waals surface area contributed by atoms with Gasteiger partial charge >= 0.3 is 0 Å². The minimum absolute atomic E-state index is 0. The van der Waals surface area contributed by atoms with E-state index in [1.165, 1.54) is 0 Å². The third kappa shape index (κ3) is 4.87. The van der Waals surface area contributed by atoms with Crippen LogP contribution in [0.1, 0.15) is 51.1 Å². The van der Waals surface area contributed by atoms with Gasteiger partial charge in [-0.25, -0.2) is 0 Å². The Labute approximate surface area is 144 Å². The summed E-state index contributed by atoms with van der Waals surface area (Å²) in [5.74, 6) is 0.437. The molecular formula is C17H26Cl2N2O. The number of carbonyl (C=O) groups is 1. The number of amides is 1. The van der Waals surface area contributed by atoms with Gasteiger partial charge in [0.25, 0.3) is 0 Å². The normalized spacial score (nSPS) is 22.8. The van der Waals surface area contributed by atoms with E-state index < -0.39 is 0 Å². The Kier molecular flexibility index (Phi) is 7.67. The van der Waals surface area contributed by atoms with Gasteiger partial charge in [-0.05, 0) is 36.8 Å². The molecule has 1 aliphatic carbocycles. The first-order chi connectivity index (χ1) is 9.99. The lowest BCUT2D eigenvalue weighted by Crippen LogP contribution is -2.40. The predicted octanol–water partition coefficient (Wildman–Crippen LogP) is 4.09. The third-order valence-corrected chi connectivity index (χ3v) is 4.63. The van der Waals surface area contributed by atoms with Crippen molar-refractivity contribution in [3.63, 3.8) is 0 Å². The highest BCUT2D eigenvalue weighted by atomic mass is 35.5. The Morgan fingerprint density at radius 3 is 2.59 bits per heavy atom. The van der Waals surface area contributed by atoms with Gasteiger partial charge in [0.15, 0.2) is 0 Å². The van der Waals surface area contributed by atoms with Crippen LogP contribution < -0.4 is 11.1 Å². The van der Waals surface area contributed by atoms with Crippen LogP contribution in [0, 0.1) is 11.8 Å². The SMILES string of the molecule is CC(C)C(NC(=O)C1CCCC(N)C1)c1ccccc1Cl.Cl. The van der Waals surface area contributed by atoms with E-state index >= 15 is 0 Å². The maximum atomic E-state index is 12.5. The summed E-state index contributed by atoms with van der Waals surface area (Å²) in [7, 11) is 0. The van der Waals surface area contributed by atoms with Crippen LogP contribution in [-0.2, 0) is 4.79 Å². The zero-order valence-electron chi connectivity index (χ0n) is 13.2. The van der Waals surface area contributed by atoms with Crippen molar-refractivity contribution >= 4 is 29.9 Å². The van der Waals surface area contributed by atoms with Gasteiger partial charge < -0.3 is 11.1 Å². The van der Waals surface area contributed by atoms with Crippen LogP contribution in [0.15, 0.2) is 24.3 Å². The summed E-state index contributed by atoms with van der Waals surface area (Å²) in [6.07, 6.45) is 3.80. The molecule has 1 fully saturated rings. The van der Waals surface area contributed by atoms with Crippen molar-refractivity contribution < 1.29 is 4.79 Å². The Bertz CT molecular complexity index is 493. The Hall–Kier alpha value is -0.770. The van der Waals surface area contributed by atoms with Crippen LogP contribution in [-0.4, -0.2) is 11.9 Å². The molecule has 2 rings (SSSR count). The Morgan fingerprint density at radius 1 is 1.32 bits per heavy atom. The van der Waals surface area contributed by atoms with Gasteiger partial charge in [0.2, 0.25) is 5.91 Å². The van der Waals surface area contributed by atoms with E-state index in [1.54, 1.807) is 0 Å². The molecule has 3 unspecified atom stereocenters. The lowest BCUT2D eigenvalue weighted by molar-refractivity contribution is -0.127. The minimum Gasteiger partial charge on any atom is -0.349 e. The second-order valence-corrected chi connectivity index (χ2v) is 6.78. The number of hydrogen-bond donors (Lipinski definition) is 2. The summed E-state index contributed by atoms with van der Waals surface area (Å²) in [5, 5.41) is 3.89. The highest BCUT2D eigenvalue weighted by Crippen LogP contribution is 2.30. The lowest BCUT2D eigenvalue weighted by Gasteiger charge is -2.30. The zero-order valence-corrected chi connectivity index (χ0v) is 14.8. The Balaban J connectivity index is 0.00000242. The van der Waals surface area contributed by atoms with E-state index in [1.807, 2.05) is 24.3 Å². The molecule has 1 saturated carbocycles. The number of carbonyl (C=O) groups excluding carboxylic acids is 1. The van der Waals surface area contributed by atoms with Crippen LogP contribution in [0.4, 0.5) is 0 Å². The van der Waals surface area contributed by atoms with Crippen molar-refractivity contribution in [1.29, 1.82) is 0 Å². The second-order valence-electron chi connectivity index (χ2n) is 6.38. The summed E-state index contributed by atoms with van der Waals surface area (Å²) in [6, 6.07) is 7.83. The first kappa shape index (κ1) is 19.3. The van der Waals surface area contributed by atoms with E-state index in [0.29, 0.717) is 5.02 Å². The monoisotopic (exact) mass is 344 g/mol. The fourth-order valence-corrected chi connectivity index (χ4v) is 3.32. The summed E-state index contributed by atoms with van der Waals surface area (Å²) >= 11 is 6.28. The Morgan fingerprint density at radius 2 is 2.00 bits per heavy atom. The lowest BCUT2D eigenvalue weighted by atomic mass is 9.85. The van der Waals surface area contributed by atoms with Gasteiger partial charge in [0, 0.05) is 17.0 Å². The molecule has 22 heavy (non-hydrogen) atoms. The molecular weight excluding hydrogens is 319 g/mol. The van der Waals surface area contributed by atoms with Gasteiger partial charge in [-0.3, -0.25) is 4.79 Å². The number of hydrogen-bond acceptors (Lipinski definition) is 2. The quantitative estimate of drug-likeness (QED) is 0.863. The van der Waals surface area contributed by atoms with E-state index in [0.717, 1.165) is 31.2 Å². The molecule has 1 aromatic rings. The summed E-state index contributed by atoms with van der Waals surface area (Å²) in [6.45, 7) is 4.20. The molecule has 5 heteroatoms. The number of rotatable bonds is 4. The minimum atomic E-state index is -0.0515. The van der Waals surface area contributed by atoms with Gasteiger partial charge in [-0.15, -0.1) is 12.4 Å². The van der Waals surface area contributed by atoms with Crippen LogP contribution in [0.5, 0.6) is 0 Å². The largest absolute Gasteiger partial charge is 0.349 e. The van der Waals surface area contributed by atoms with Crippen molar-refractivity contribution in [3.8, 4) is 0 Å². The summed E-state index contributed by atoms with van der Waals surface area (Å²) in [4.78, 5) is 12.5. The van der Waals surface area contributed by atoms with Crippen molar-refractivity contribution in [1.82, 2.24) is 5.32 Å². The number of benzene rings is 1. The standard InChI is InChI=1S/C17H25ClN2O.ClH/c1-11(2)16(14-8-3-4-9-15(14)18)20-17(21)12-6-5-7-13(19)10-12;/h3-4,8-9,11-13,16H,5-7,10,19H2,1-2H3,(H,20,21);1H. The summed E-state index contributed by atoms with van der Waals surface area (Å²) in [5.41, 5.74) is 6.98. The van der Waals surface area contributed by atoms with Crippen molar-refractivity contribution in [2.24, 2.45) is 17.6 Å². The number of nitrogens with one attached hydrogen (secondary N) is 1. The maximum absolute atomic E-state index is 12.5. The first-order valence-electron chi connectivity index (χ1n) is 7.79. The number of halogens is 2. The first-order valence-corrected chi connectivity index (χ1v) is 8.17. The topological polar surface area (TPSA) is 55.1 Å².